The van der Waals surface area contributed by atoms with Crippen LogP contribution in [0, 0.1) is 20.8 Å². The van der Waals surface area contributed by atoms with Crippen LogP contribution in [-0.2, 0) is 6.18 Å². The molecule has 0 aliphatic heterocycles. The number of nitrogens with zero attached hydrogens (tertiary/aromatic N) is 5. The lowest BCUT2D eigenvalue weighted by Crippen LogP contribution is -2.07. The Morgan fingerprint density at radius 3 is 2.60 bits per heavy atom. The summed E-state index contributed by atoms with van der Waals surface area (Å²) in [5.41, 5.74) is 1.49. The summed E-state index contributed by atoms with van der Waals surface area (Å²) < 4.78 is 47.1. The number of hydrogen-bond donors (Lipinski definition) is 0. The first-order valence-corrected chi connectivity index (χ1v) is 9.84. The summed E-state index contributed by atoms with van der Waals surface area (Å²) in [6.07, 6.45) is -3.55. The summed E-state index contributed by atoms with van der Waals surface area (Å²) >= 11 is 1.03. The molecule has 7 nitrogen and oxygen atoms in total. The first-order valence-electron chi connectivity index (χ1n) is 8.86. The summed E-state index contributed by atoms with van der Waals surface area (Å²) in [6.45, 7) is 5.43. The van der Waals surface area contributed by atoms with Gasteiger partial charge in [0, 0.05) is 29.2 Å². The van der Waals surface area contributed by atoms with Crippen molar-refractivity contribution in [2.75, 3.05) is 5.75 Å². The van der Waals surface area contributed by atoms with Crippen molar-refractivity contribution in [3.63, 3.8) is 0 Å². The topological polar surface area (TPSA) is 78.2 Å². The van der Waals surface area contributed by atoms with E-state index in [4.69, 9.17) is 4.52 Å². The molecule has 0 bridgehead atoms. The van der Waals surface area contributed by atoms with E-state index in [9.17, 15) is 18.0 Å². The molecule has 0 spiro atoms. The standard InChI is InChI=1S/C19H16F3N5O2S/c1-10-6-14(12(3)27(10)17-7-11(2)29-25-17)15(28)9-30-18-24-23-16-5-4-13(8-26(16)18)19(20,21)22/h4-8H,9H2,1-3H3. The maximum atomic E-state index is 13.0. The molecule has 0 aliphatic carbocycles. The van der Waals surface area contributed by atoms with Gasteiger partial charge in [-0.25, -0.2) is 0 Å². The summed E-state index contributed by atoms with van der Waals surface area (Å²) in [4.78, 5) is 12.8. The smallest absolute Gasteiger partial charge is 0.360 e. The third-order valence-corrected chi connectivity index (χ3v) is 5.55. The third-order valence-electron chi connectivity index (χ3n) is 4.61. The van der Waals surface area contributed by atoms with Crippen LogP contribution >= 0.6 is 11.8 Å². The van der Waals surface area contributed by atoms with E-state index in [0.29, 0.717) is 22.8 Å². The van der Waals surface area contributed by atoms with Gasteiger partial charge >= 0.3 is 6.18 Å². The van der Waals surface area contributed by atoms with Crippen LogP contribution in [0.5, 0.6) is 0 Å². The molecule has 4 aromatic heterocycles. The molecule has 0 amide bonds. The Labute approximate surface area is 172 Å². The molecule has 0 radical (unpaired) electrons. The van der Waals surface area contributed by atoms with Crippen LogP contribution in [0.2, 0.25) is 0 Å². The molecule has 0 aromatic carbocycles. The third kappa shape index (κ3) is 3.60. The van der Waals surface area contributed by atoms with Crippen LogP contribution < -0.4 is 0 Å². The average molecular weight is 435 g/mol. The maximum Gasteiger partial charge on any atom is 0.417 e. The Morgan fingerprint density at radius 2 is 1.93 bits per heavy atom. The van der Waals surface area contributed by atoms with Gasteiger partial charge in [-0.3, -0.25) is 13.8 Å². The van der Waals surface area contributed by atoms with Gasteiger partial charge in [0.2, 0.25) is 0 Å². The summed E-state index contributed by atoms with van der Waals surface area (Å²) in [6, 6.07) is 5.72. The largest absolute Gasteiger partial charge is 0.417 e. The Morgan fingerprint density at radius 1 is 1.17 bits per heavy atom. The second-order valence-corrected chi connectivity index (χ2v) is 7.70. The van der Waals surface area contributed by atoms with Crippen molar-refractivity contribution in [1.82, 2.24) is 24.3 Å². The summed E-state index contributed by atoms with van der Waals surface area (Å²) in [7, 11) is 0. The lowest BCUT2D eigenvalue weighted by atomic mass is 10.2. The molecule has 0 fully saturated rings. The number of halogens is 3. The monoisotopic (exact) mass is 435 g/mol. The number of pyridine rings is 1. The molecule has 0 unspecified atom stereocenters. The van der Waals surface area contributed by atoms with Gasteiger partial charge in [-0.2, -0.15) is 13.2 Å². The van der Waals surface area contributed by atoms with Crippen molar-refractivity contribution in [3.8, 4) is 5.82 Å². The molecule has 0 atom stereocenters. The van der Waals surface area contributed by atoms with E-state index in [0.717, 1.165) is 29.7 Å². The van der Waals surface area contributed by atoms with Gasteiger partial charge in [0.05, 0.1) is 11.3 Å². The number of aromatic nitrogens is 5. The zero-order chi connectivity index (χ0) is 21.6. The van der Waals surface area contributed by atoms with Crippen LogP contribution in [0.15, 0.2) is 40.1 Å². The van der Waals surface area contributed by atoms with Gasteiger partial charge in [0.25, 0.3) is 0 Å². The minimum atomic E-state index is -4.48. The fourth-order valence-electron chi connectivity index (χ4n) is 3.20. The van der Waals surface area contributed by atoms with Gasteiger partial charge in [-0.15, -0.1) is 10.2 Å². The molecule has 156 valence electrons. The van der Waals surface area contributed by atoms with Crippen molar-refractivity contribution in [2.24, 2.45) is 0 Å². The fraction of sp³-hybridized carbons (Fsp3) is 0.263. The van der Waals surface area contributed by atoms with E-state index in [-0.39, 0.29) is 22.3 Å². The van der Waals surface area contributed by atoms with Gasteiger partial charge in [0.1, 0.15) is 5.76 Å². The van der Waals surface area contributed by atoms with Crippen LogP contribution in [0.3, 0.4) is 0 Å². The molecular weight excluding hydrogens is 419 g/mol. The van der Waals surface area contributed by atoms with Crippen LogP contribution in [0.25, 0.3) is 11.5 Å². The number of alkyl halides is 3. The van der Waals surface area contributed by atoms with Crippen molar-refractivity contribution in [2.45, 2.75) is 32.1 Å². The zero-order valence-electron chi connectivity index (χ0n) is 16.2. The minimum absolute atomic E-state index is 0.000818. The first kappa shape index (κ1) is 20.2. The van der Waals surface area contributed by atoms with E-state index in [2.05, 4.69) is 15.4 Å². The lowest BCUT2D eigenvalue weighted by molar-refractivity contribution is -0.137. The van der Waals surface area contributed by atoms with Gasteiger partial charge in [0.15, 0.2) is 22.4 Å². The maximum absolute atomic E-state index is 13.0. The minimum Gasteiger partial charge on any atom is -0.360 e. The number of rotatable bonds is 5. The predicted octanol–water partition coefficient (Wildman–Crippen LogP) is 4.43. The Kier molecular flexibility index (Phi) is 4.92. The molecule has 30 heavy (non-hydrogen) atoms. The number of thioether (sulfide) groups is 1. The molecule has 4 heterocycles. The van der Waals surface area contributed by atoms with E-state index in [1.807, 2.05) is 11.5 Å². The van der Waals surface area contributed by atoms with E-state index in [1.54, 1.807) is 26.0 Å². The first-order chi connectivity index (χ1) is 14.1. The van der Waals surface area contributed by atoms with Crippen molar-refractivity contribution >= 4 is 23.2 Å². The van der Waals surface area contributed by atoms with E-state index >= 15 is 0 Å². The fourth-order valence-corrected chi connectivity index (χ4v) is 4.00. The molecule has 4 rings (SSSR count). The number of carbonyl (C=O) groups is 1. The number of ketones is 1. The lowest BCUT2D eigenvalue weighted by Gasteiger charge is -2.07. The van der Waals surface area contributed by atoms with Crippen LogP contribution in [0.1, 0.15) is 33.1 Å². The molecular formula is C19H16F3N5O2S. The van der Waals surface area contributed by atoms with Crippen molar-refractivity contribution < 1.29 is 22.5 Å². The second-order valence-electron chi connectivity index (χ2n) is 6.75. The predicted molar refractivity (Wildman–Crippen MR) is 103 cm³/mol. The number of aryl methyl sites for hydroxylation is 2. The number of Topliss-reactive ketones (excluding diaryl/α,β-unsaturated/α-hetero) is 1. The highest BCUT2D eigenvalue weighted by atomic mass is 32.2. The normalized spacial score (nSPS) is 12.1. The van der Waals surface area contributed by atoms with Gasteiger partial charge < -0.3 is 4.52 Å². The molecule has 11 heteroatoms. The number of fused-ring (bicyclic) bond motifs is 1. The quantitative estimate of drug-likeness (QED) is 0.341. The van der Waals surface area contributed by atoms with Crippen LogP contribution in [0.4, 0.5) is 13.2 Å². The van der Waals surface area contributed by atoms with Crippen LogP contribution in [-0.4, -0.2) is 35.9 Å². The Balaban J connectivity index is 1.57. The Hall–Kier alpha value is -3.08. The number of hydrogen-bond acceptors (Lipinski definition) is 6. The molecule has 0 aliphatic rings. The van der Waals surface area contributed by atoms with E-state index in [1.165, 1.54) is 10.5 Å². The van der Waals surface area contributed by atoms with Crippen molar-refractivity contribution in [1.29, 1.82) is 0 Å². The summed E-state index contributed by atoms with van der Waals surface area (Å²) in [5.74, 6) is 1.05. The highest BCUT2D eigenvalue weighted by molar-refractivity contribution is 7.99. The summed E-state index contributed by atoms with van der Waals surface area (Å²) in [5, 5.41) is 12.0. The molecule has 0 N–H and O–H groups in total. The molecule has 0 saturated carbocycles. The number of carbonyl (C=O) groups excluding carboxylic acids is 1. The average Bonchev–Trinajstić information content (AvgIpc) is 3.36. The highest BCUT2D eigenvalue weighted by Crippen LogP contribution is 2.30. The zero-order valence-corrected chi connectivity index (χ0v) is 17.0. The van der Waals surface area contributed by atoms with Gasteiger partial charge in [-0.1, -0.05) is 16.9 Å². The second kappa shape index (κ2) is 7.31. The SMILES string of the molecule is Cc1cc(-n2c(C)cc(C(=O)CSc3nnc4ccc(C(F)(F)F)cn34)c2C)no1. The molecule has 4 aromatic rings. The van der Waals surface area contributed by atoms with Crippen molar-refractivity contribution in [3.05, 3.63) is 58.7 Å². The Bertz CT molecular complexity index is 1260. The highest BCUT2D eigenvalue weighted by Gasteiger charge is 2.31. The molecule has 0 saturated heterocycles. The van der Waals surface area contributed by atoms with E-state index < -0.39 is 11.7 Å². The van der Waals surface area contributed by atoms with Gasteiger partial charge in [-0.05, 0) is 39.0 Å².